The maximum atomic E-state index is 12.8. The molecule has 2 aromatic rings. The maximum Gasteiger partial charge on any atom is 0.416 e. The zero-order valence-electron chi connectivity index (χ0n) is 15.9. The molecule has 1 unspecified atom stereocenters. The molecule has 1 atom stereocenters. The Balaban J connectivity index is 1.32. The van der Waals surface area contributed by atoms with Crippen LogP contribution in [0.3, 0.4) is 0 Å². The molecule has 10 heteroatoms. The van der Waals surface area contributed by atoms with Crippen LogP contribution >= 0.6 is 0 Å². The van der Waals surface area contributed by atoms with Crippen LogP contribution in [0, 0.1) is 0 Å². The molecule has 2 aromatic carbocycles. The number of fused-ring (bicyclic) bond motifs is 1. The number of ether oxygens (including phenoxy) is 2. The second-order valence-electron chi connectivity index (χ2n) is 6.93. The Morgan fingerprint density at radius 3 is 2.80 bits per heavy atom. The van der Waals surface area contributed by atoms with Crippen LogP contribution in [-0.2, 0) is 11.0 Å². The fraction of sp³-hybridized carbons (Fsp3) is 0.300. The van der Waals surface area contributed by atoms with Crippen LogP contribution in [0.5, 0.6) is 11.5 Å². The number of rotatable bonds is 4. The van der Waals surface area contributed by atoms with Crippen LogP contribution in [0.15, 0.2) is 47.6 Å². The molecule has 2 heterocycles. The Hall–Kier alpha value is -3.43. The van der Waals surface area contributed by atoms with E-state index in [-0.39, 0.29) is 25.1 Å². The summed E-state index contributed by atoms with van der Waals surface area (Å²) in [5.41, 5.74) is 0.776. The first-order chi connectivity index (χ1) is 14.3. The maximum absolute atomic E-state index is 12.8. The number of benzene rings is 2. The van der Waals surface area contributed by atoms with E-state index in [2.05, 4.69) is 10.5 Å². The summed E-state index contributed by atoms with van der Waals surface area (Å²) in [6.45, 7) is 0.387. The van der Waals surface area contributed by atoms with Gasteiger partial charge in [-0.3, -0.25) is 0 Å². The zero-order valence-corrected chi connectivity index (χ0v) is 15.9. The normalized spacial score (nSPS) is 17.3. The van der Waals surface area contributed by atoms with Gasteiger partial charge in [0, 0.05) is 24.7 Å². The van der Waals surface area contributed by atoms with E-state index in [1.54, 1.807) is 6.07 Å². The Labute approximate surface area is 170 Å². The second-order valence-corrected chi connectivity index (χ2v) is 6.93. The van der Waals surface area contributed by atoms with Gasteiger partial charge in [-0.05, 0) is 36.4 Å². The van der Waals surface area contributed by atoms with Crippen LogP contribution < -0.4 is 14.8 Å². The van der Waals surface area contributed by atoms with Gasteiger partial charge in [0.25, 0.3) is 0 Å². The smallest absolute Gasteiger partial charge is 0.416 e. The van der Waals surface area contributed by atoms with Crippen molar-refractivity contribution in [2.75, 3.05) is 25.7 Å². The third-order valence-electron chi connectivity index (χ3n) is 4.70. The summed E-state index contributed by atoms with van der Waals surface area (Å²) in [5.74, 6) is 1.30. The predicted molar refractivity (Wildman–Crippen MR) is 102 cm³/mol. The lowest BCUT2D eigenvalue weighted by Crippen LogP contribution is -2.37. The van der Waals surface area contributed by atoms with Crippen molar-refractivity contribution in [3.63, 3.8) is 0 Å². The molecule has 0 spiro atoms. The number of carbonyl (C=O) groups excluding carboxylic acids is 1. The van der Waals surface area contributed by atoms with E-state index in [4.69, 9.17) is 14.3 Å². The zero-order chi connectivity index (χ0) is 21.3. The summed E-state index contributed by atoms with van der Waals surface area (Å²) in [6, 6.07) is 9.38. The first-order valence-electron chi connectivity index (χ1n) is 9.12. The van der Waals surface area contributed by atoms with Gasteiger partial charge in [0.05, 0.1) is 17.8 Å². The monoisotopic (exact) mass is 421 g/mol. The van der Waals surface area contributed by atoms with Gasteiger partial charge in [-0.1, -0.05) is 11.2 Å². The highest BCUT2D eigenvalue weighted by Gasteiger charge is 2.31. The quantitative estimate of drug-likeness (QED) is 0.807. The number of hydrogen-bond donors (Lipinski definition) is 1. The molecule has 0 aliphatic carbocycles. The molecule has 2 aliphatic heterocycles. The number of anilines is 1. The van der Waals surface area contributed by atoms with Crippen LogP contribution in [0.1, 0.15) is 17.5 Å². The number of oxime groups is 1. The molecule has 0 radical (unpaired) electrons. The molecule has 2 amide bonds. The van der Waals surface area contributed by atoms with Gasteiger partial charge in [0.2, 0.25) is 6.79 Å². The molecule has 158 valence electrons. The van der Waals surface area contributed by atoms with Crippen LogP contribution in [0.2, 0.25) is 0 Å². The third kappa shape index (κ3) is 4.27. The van der Waals surface area contributed by atoms with E-state index >= 15 is 0 Å². The van der Waals surface area contributed by atoms with Crippen LogP contribution in [-0.4, -0.2) is 43.1 Å². The van der Waals surface area contributed by atoms with Crippen molar-refractivity contribution >= 4 is 17.4 Å². The van der Waals surface area contributed by atoms with Crippen molar-refractivity contribution in [1.82, 2.24) is 4.90 Å². The molecule has 0 aromatic heterocycles. The van der Waals surface area contributed by atoms with E-state index in [0.717, 1.165) is 17.7 Å². The number of nitrogens with one attached hydrogen (secondary N) is 1. The molecule has 0 saturated heterocycles. The molecule has 7 nitrogen and oxygen atoms in total. The van der Waals surface area contributed by atoms with E-state index in [0.29, 0.717) is 23.6 Å². The van der Waals surface area contributed by atoms with E-state index in [1.807, 2.05) is 12.1 Å². The topological polar surface area (TPSA) is 72.4 Å². The Morgan fingerprint density at radius 1 is 1.20 bits per heavy atom. The number of hydrogen-bond acceptors (Lipinski definition) is 5. The third-order valence-corrected chi connectivity index (χ3v) is 4.70. The number of carbonyl (C=O) groups is 1. The van der Waals surface area contributed by atoms with E-state index in [1.165, 1.54) is 24.1 Å². The summed E-state index contributed by atoms with van der Waals surface area (Å²) in [4.78, 5) is 19.1. The molecule has 30 heavy (non-hydrogen) atoms. The Kier molecular flexibility index (Phi) is 5.15. The summed E-state index contributed by atoms with van der Waals surface area (Å²) >= 11 is 0. The van der Waals surface area contributed by atoms with Crippen molar-refractivity contribution in [3.8, 4) is 11.5 Å². The van der Waals surface area contributed by atoms with Crippen molar-refractivity contribution in [1.29, 1.82) is 0 Å². The standard InChI is InChI=1S/C20H18F3N3O4/c1-26(19(27)24-14-4-2-3-13(8-14)20(21,22)23)10-15-9-16(25-30-15)12-5-6-17-18(7-12)29-11-28-17/h2-8,15H,9-11H2,1H3,(H,24,27). The molecule has 4 rings (SSSR count). The van der Waals surface area contributed by atoms with Crippen molar-refractivity contribution in [3.05, 3.63) is 53.6 Å². The minimum Gasteiger partial charge on any atom is -0.454 e. The predicted octanol–water partition coefficient (Wildman–Crippen LogP) is 4.09. The number of halogens is 3. The summed E-state index contributed by atoms with van der Waals surface area (Å²) in [5, 5.41) is 6.55. The lowest BCUT2D eigenvalue weighted by atomic mass is 10.0. The van der Waals surface area contributed by atoms with Crippen LogP contribution in [0.25, 0.3) is 0 Å². The highest BCUT2D eigenvalue weighted by molar-refractivity contribution is 6.01. The lowest BCUT2D eigenvalue weighted by molar-refractivity contribution is -0.137. The van der Waals surface area contributed by atoms with Gasteiger partial charge >= 0.3 is 12.2 Å². The van der Waals surface area contributed by atoms with Gasteiger partial charge in [-0.25, -0.2) is 4.79 Å². The number of alkyl halides is 3. The number of urea groups is 1. The van der Waals surface area contributed by atoms with E-state index in [9.17, 15) is 18.0 Å². The molecule has 0 fully saturated rings. The summed E-state index contributed by atoms with van der Waals surface area (Å²) in [7, 11) is 1.53. The number of likely N-dealkylation sites (N-methyl/N-ethyl adjacent to an activating group) is 1. The van der Waals surface area contributed by atoms with Gasteiger partial charge in [-0.15, -0.1) is 0 Å². The molecular formula is C20H18F3N3O4. The average Bonchev–Trinajstić information content (AvgIpc) is 3.36. The Morgan fingerprint density at radius 2 is 2.00 bits per heavy atom. The number of nitrogens with zero attached hydrogens (tertiary/aromatic N) is 2. The van der Waals surface area contributed by atoms with E-state index < -0.39 is 17.8 Å². The highest BCUT2D eigenvalue weighted by atomic mass is 19.4. The molecule has 2 aliphatic rings. The number of amides is 2. The van der Waals surface area contributed by atoms with Crippen molar-refractivity contribution in [2.24, 2.45) is 5.16 Å². The summed E-state index contributed by atoms with van der Waals surface area (Å²) < 4.78 is 49.1. The first-order valence-corrected chi connectivity index (χ1v) is 9.12. The molecular weight excluding hydrogens is 403 g/mol. The largest absolute Gasteiger partial charge is 0.454 e. The van der Waals surface area contributed by atoms with Crippen molar-refractivity contribution < 1.29 is 32.3 Å². The minimum atomic E-state index is -4.48. The first kappa shape index (κ1) is 19.9. The van der Waals surface area contributed by atoms with Gasteiger partial charge in [0.1, 0.15) is 0 Å². The van der Waals surface area contributed by atoms with Crippen molar-refractivity contribution in [2.45, 2.75) is 18.7 Å². The van der Waals surface area contributed by atoms with Gasteiger partial charge < -0.3 is 24.5 Å². The highest BCUT2D eigenvalue weighted by Crippen LogP contribution is 2.34. The van der Waals surface area contributed by atoms with Gasteiger partial charge in [0.15, 0.2) is 17.6 Å². The molecule has 1 N–H and O–H groups in total. The molecule has 0 bridgehead atoms. The SMILES string of the molecule is CN(CC1CC(c2ccc3c(c2)OCO3)=NO1)C(=O)Nc1cccc(C(F)(F)F)c1. The fourth-order valence-corrected chi connectivity index (χ4v) is 3.15. The second kappa shape index (κ2) is 7.77. The average molecular weight is 421 g/mol. The fourth-order valence-electron chi connectivity index (χ4n) is 3.15. The minimum absolute atomic E-state index is 0.0614. The Bertz CT molecular complexity index is 994. The van der Waals surface area contributed by atoms with Gasteiger partial charge in [-0.2, -0.15) is 13.2 Å². The molecule has 0 saturated carbocycles. The lowest BCUT2D eigenvalue weighted by Gasteiger charge is -2.20. The van der Waals surface area contributed by atoms with Crippen LogP contribution in [0.4, 0.5) is 23.7 Å². The summed E-state index contributed by atoms with van der Waals surface area (Å²) in [6.07, 6.45) is -4.38.